The highest BCUT2D eigenvalue weighted by atomic mass is 16.7. The molecule has 1 unspecified atom stereocenters. The molecule has 0 aromatic rings. The normalized spacial score (nSPS) is 33.2. The van der Waals surface area contributed by atoms with E-state index in [0.29, 0.717) is 0 Å². The number of rotatable bonds is 2. The van der Waals surface area contributed by atoms with Crippen molar-refractivity contribution < 1.29 is 14.3 Å². The first kappa shape index (κ1) is 5.03. The van der Waals surface area contributed by atoms with Gasteiger partial charge in [-0.1, -0.05) is 6.58 Å². The summed E-state index contributed by atoms with van der Waals surface area (Å²) in [6.45, 7) is 3.21. The highest BCUT2D eigenvalue weighted by Crippen LogP contribution is 2.26. The fourth-order valence-corrected chi connectivity index (χ4v) is 0.350. The first-order valence-corrected chi connectivity index (χ1v) is 2.01. The van der Waals surface area contributed by atoms with Crippen molar-refractivity contribution in [2.24, 2.45) is 0 Å². The molecule has 1 saturated heterocycles. The van der Waals surface area contributed by atoms with E-state index in [0.717, 1.165) is 6.08 Å². The molecule has 0 spiro atoms. The van der Waals surface area contributed by atoms with Crippen LogP contribution in [0.15, 0.2) is 12.7 Å². The maximum atomic E-state index is 10.1. The number of hydrogen-bond acceptors (Lipinski definition) is 3. The summed E-state index contributed by atoms with van der Waals surface area (Å²) < 4.78 is 4.22. The second kappa shape index (κ2) is 1.18. The van der Waals surface area contributed by atoms with Crippen LogP contribution in [0.3, 0.4) is 0 Å². The summed E-state index contributed by atoms with van der Waals surface area (Å²) in [6, 6.07) is 0. The largest absolute Gasteiger partial charge is 0.430 e. The van der Waals surface area contributed by atoms with Crippen molar-refractivity contribution >= 4 is 12.3 Å². The molecule has 1 rings (SSSR count). The lowest BCUT2D eigenvalue weighted by Gasteiger charge is -1.78. The van der Waals surface area contributed by atoms with Gasteiger partial charge in [0.1, 0.15) is 0 Å². The van der Waals surface area contributed by atoms with Crippen LogP contribution in [0.4, 0.5) is 0 Å². The Kier molecular flexibility index (Phi) is 0.743. The Morgan fingerprint density at radius 3 is 2.38 bits per heavy atom. The molecule has 1 aliphatic rings. The molecule has 0 aliphatic carbocycles. The molecule has 1 atom stereocenters. The van der Waals surface area contributed by atoms with Crippen LogP contribution in [0.1, 0.15) is 0 Å². The standard InChI is InChI=1S/C5H3O3/c1-2-5(3-6)4(7)8-5/h2H,1H2. The van der Waals surface area contributed by atoms with Gasteiger partial charge in [0.2, 0.25) is 0 Å². The first-order valence-electron chi connectivity index (χ1n) is 2.01. The molecular formula is C5H3O3. The van der Waals surface area contributed by atoms with Crippen LogP contribution in [-0.2, 0) is 14.3 Å². The van der Waals surface area contributed by atoms with E-state index in [1.165, 1.54) is 6.29 Å². The van der Waals surface area contributed by atoms with Gasteiger partial charge in [0, 0.05) is 0 Å². The Bertz CT molecular complexity index is 151. The third-order valence-electron chi connectivity index (χ3n) is 0.954. The Morgan fingerprint density at radius 2 is 2.38 bits per heavy atom. The van der Waals surface area contributed by atoms with E-state index in [9.17, 15) is 9.59 Å². The monoisotopic (exact) mass is 111 g/mol. The van der Waals surface area contributed by atoms with Gasteiger partial charge in [-0.05, 0) is 6.08 Å². The molecule has 0 bridgehead atoms. The SMILES string of the molecule is C=CC1([C]=O)OC1=O. The minimum atomic E-state index is -1.39. The fraction of sp³-hybridized carbons (Fsp3) is 0.200. The average Bonchev–Trinajstić information content (AvgIpc) is 2.43. The molecule has 3 heteroatoms. The molecule has 0 N–H and O–H groups in total. The smallest absolute Gasteiger partial charge is 0.365 e. The van der Waals surface area contributed by atoms with Gasteiger partial charge in [-0.2, -0.15) is 0 Å². The van der Waals surface area contributed by atoms with Crippen LogP contribution >= 0.6 is 0 Å². The van der Waals surface area contributed by atoms with Crippen molar-refractivity contribution in [2.45, 2.75) is 5.60 Å². The van der Waals surface area contributed by atoms with Crippen molar-refractivity contribution in [1.29, 1.82) is 0 Å². The Labute approximate surface area is 45.9 Å². The zero-order valence-electron chi connectivity index (χ0n) is 4.01. The number of hydrogen-bond donors (Lipinski definition) is 0. The summed E-state index contributed by atoms with van der Waals surface area (Å²) in [5, 5.41) is 0. The van der Waals surface area contributed by atoms with Gasteiger partial charge < -0.3 is 4.74 Å². The number of carbonyl (C=O) groups excluding carboxylic acids is 2. The van der Waals surface area contributed by atoms with E-state index in [1.54, 1.807) is 0 Å². The number of epoxide rings is 1. The summed E-state index contributed by atoms with van der Waals surface area (Å²) in [5.74, 6) is -0.567. The van der Waals surface area contributed by atoms with Crippen LogP contribution < -0.4 is 0 Å². The lowest BCUT2D eigenvalue weighted by Crippen LogP contribution is -2.08. The maximum absolute atomic E-state index is 10.1. The van der Waals surface area contributed by atoms with Gasteiger partial charge in [0.05, 0.1) is 0 Å². The van der Waals surface area contributed by atoms with Gasteiger partial charge >= 0.3 is 5.97 Å². The van der Waals surface area contributed by atoms with Gasteiger partial charge in [-0.3, -0.25) is 4.79 Å². The Balaban J connectivity index is 2.79. The average molecular weight is 111 g/mol. The molecule has 0 amide bonds. The van der Waals surface area contributed by atoms with Crippen LogP contribution in [-0.4, -0.2) is 17.9 Å². The molecule has 3 nitrogen and oxygen atoms in total. The molecule has 1 heterocycles. The summed E-state index contributed by atoms with van der Waals surface area (Å²) in [6.07, 6.45) is 2.54. The predicted molar refractivity (Wildman–Crippen MR) is 24.7 cm³/mol. The molecule has 1 fully saturated rings. The van der Waals surface area contributed by atoms with Crippen LogP contribution in [0.5, 0.6) is 0 Å². The fourth-order valence-electron chi connectivity index (χ4n) is 0.350. The van der Waals surface area contributed by atoms with Gasteiger partial charge in [-0.25, -0.2) is 4.79 Å². The van der Waals surface area contributed by atoms with Crippen LogP contribution in [0, 0.1) is 0 Å². The molecule has 8 heavy (non-hydrogen) atoms. The second-order valence-electron chi connectivity index (χ2n) is 1.43. The van der Waals surface area contributed by atoms with Gasteiger partial charge in [0.15, 0.2) is 0 Å². The first-order chi connectivity index (χ1) is 3.75. The van der Waals surface area contributed by atoms with Crippen LogP contribution in [0.25, 0.3) is 0 Å². The lowest BCUT2D eigenvalue weighted by atomic mass is 10.2. The van der Waals surface area contributed by atoms with Crippen LogP contribution in [0.2, 0.25) is 0 Å². The maximum Gasteiger partial charge on any atom is 0.365 e. The summed E-state index contributed by atoms with van der Waals surface area (Å²) >= 11 is 0. The minimum Gasteiger partial charge on any atom is -0.430 e. The van der Waals surface area contributed by atoms with Crippen molar-refractivity contribution in [3.8, 4) is 0 Å². The van der Waals surface area contributed by atoms with Crippen molar-refractivity contribution in [1.82, 2.24) is 0 Å². The summed E-state index contributed by atoms with van der Waals surface area (Å²) in [7, 11) is 0. The highest BCUT2D eigenvalue weighted by molar-refractivity contribution is 6.11. The van der Waals surface area contributed by atoms with Crippen molar-refractivity contribution in [2.75, 3.05) is 0 Å². The van der Waals surface area contributed by atoms with E-state index in [4.69, 9.17) is 0 Å². The number of cyclic esters (lactones) is 1. The van der Waals surface area contributed by atoms with E-state index in [1.807, 2.05) is 0 Å². The summed E-state index contributed by atoms with van der Waals surface area (Å²) in [5.41, 5.74) is -1.39. The number of carbonyl (C=O) groups is 1. The quantitative estimate of drug-likeness (QED) is 0.276. The summed E-state index contributed by atoms with van der Waals surface area (Å²) in [4.78, 5) is 19.9. The molecular weight excluding hydrogens is 108 g/mol. The molecule has 0 saturated carbocycles. The van der Waals surface area contributed by atoms with E-state index in [2.05, 4.69) is 11.3 Å². The molecule has 1 aliphatic heterocycles. The van der Waals surface area contributed by atoms with E-state index in [-0.39, 0.29) is 0 Å². The molecule has 41 valence electrons. The lowest BCUT2D eigenvalue weighted by molar-refractivity contribution is -0.117. The minimum absolute atomic E-state index is 0.567. The second-order valence-corrected chi connectivity index (χ2v) is 1.43. The topological polar surface area (TPSA) is 46.7 Å². The van der Waals surface area contributed by atoms with Crippen molar-refractivity contribution in [3.63, 3.8) is 0 Å². The third kappa shape index (κ3) is 0.381. The Hall–Kier alpha value is -1.12. The number of ether oxygens (including phenoxy) is 1. The van der Waals surface area contributed by atoms with Crippen molar-refractivity contribution in [3.05, 3.63) is 12.7 Å². The molecule has 0 aromatic heterocycles. The van der Waals surface area contributed by atoms with E-state index < -0.39 is 11.6 Å². The van der Waals surface area contributed by atoms with Gasteiger partial charge in [0.25, 0.3) is 11.9 Å². The van der Waals surface area contributed by atoms with E-state index >= 15 is 0 Å². The third-order valence-corrected chi connectivity index (χ3v) is 0.954. The Morgan fingerprint density at radius 1 is 1.88 bits per heavy atom. The van der Waals surface area contributed by atoms with Gasteiger partial charge in [-0.15, -0.1) is 0 Å². The highest BCUT2D eigenvalue weighted by Gasteiger charge is 2.57. The molecule has 0 aromatic carbocycles. The predicted octanol–water partition coefficient (Wildman–Crippen LogP) is -0.422. The zero-order chi connectivity index (χ0) is 6.20. The molecule has 1 radical (unpaired) electrons. The zero-order valence-corrected chi connectivity index (χ0v) is 4.01.